The third kappa shape index (κ3) is 5.38. The Morgan fingerprint density at radius 1 is 1.04 bits per heavy atom. The van der Waals surface area contributed by atoms with Gasteiger partial charge in [0.1, 0.15) is 6.67 Å². The molecule has 1 fully saturated rings. The van der Waals surface area contributed by atoms with Gasteiger partial charge >= 0.3 is 0 Å². The van der Waals surface area contributed by atoms with Gasteiger partial charge in [0.15, 0.2) is 5.78 Å². The molecule has 2 aromatic carbocycles. The van der Waals surface area contributed by atoms with Crippen LogP contribution in [0.1, 0.15) is 29.5 Å². The highest BCUT2D eigenvalue weighted by Crippen LogP contribution is 2.22. The first-order valence-corrected chi connectivity index (χ1v) is 10.2. The quantitative estimate of drug-likeness (QED) is 0.590. The molecular weight excluding hydrogens is 421 g/mol. The molecule has 0 N–H and O–H groups in total. The average molecular weight is 444 g/mol. The van der Waals surface area contributed by atoms with E-state index in [9.17, 15) is 14.0 Å². The van der Waals surface area contributed by atoms with Gasteiger partial charge in [-0.1, -0.05) is 64.5 Å². The van der Waals surface area contributed by atoms with Crippen LogP contribution < -0.4 is 0 Å². The number of ketones is 1. The van der Waals surface area contributed by atoms with Crippen LogP contribution in [-0.4, -0.2) is 29.7 Å². The van der Waals surface area contributed by atoms with Gasteiger partial charge in [0.2, 0.25) is 5.91 Å². The standard InChI is InChI=1S/C23H23BrFNO2/c24-21-4-2-1-3-19(21)9-10-22(27)20-11-13-26(14-12-20)23(28)15-17-5-7-18(16-25)8-6-17/h1-10,20H,11-16H2/b10-9+. The summed E-state index contributed by atoms with van der Waals surface area (Å²) < 4.78 is 13.5. The van der Waals surface area contributed by atoms with Crippen molar-refractivity contribution in [2.24, 2.45) is 5.92 Å². The average Bonchev–Trinajstić information content (AvgIpc) is 2.73. The fraction of sp³-hybridized carbons (Fsp3) is 0.304. The minimum absolute atomic E-state index is 0.0355. The summed E-state index contributed by atoms with van der Waals surface area (Å²) in [6, 6.07) is 14.8. The number of hydrogen-bond acceptors (Lipinski definition) is 2. The molecule has 1 aliphatic heterocycles. The van der Waals surface area contributed by atoms with Crippen molar-refractivity contribution >= 4 is 33.7 Å². The molecule has 3 nitrogen and oxygen atoms in total. The molecule has 2 aromatic rings. The molecule has 1 heterocycles. The molecule has 0 spiro atoms. The summed E-state index contributed by atoms with van der Waals surface area (Å²) >= 11 is 3.48. The Hall–Kier alpha value is -2.27. The number of carbonyl (C=O) groups excluding carboxylic acids is 2. The number of nitrogens with zero attached hydrogens (tertiary/aromatic N) is 1. The van der Waals surface area contributed by atoms with Crippen molar-refractivity contribution in [1.82, 2.24) is 4.90 Å². The summed E-state index contributed by atoms with van der Waals surface area (Å²) in [5, 5.41) is 0. The van der Waals surface area contributed by atoms with Gasteiger partial charge in [-0.25, -0.2) is 4.39 Å². The Bertz CT molecular complexity index is 855. The monoisotopic (exact) mass is 443 g/mol. The van der Waals surface area contributed by atoms with Crippen LogP contribution in [0.2, 0.25) is 0 Å². The molecular formula is C23H23BrFNO2. The second-order valence-electron chi connectivity index (χ2n) is 7.04. The van der Waals surface area contributed by atoms with Gasteiger partial charge in [-0.2, -0.15) is 0 Å². The molecule has 146 valence electrons. The summed E-state index contributed by atoms with van der Waals surface area (Å²) in [4.78, 5) is 26.8. The SMILES string of the molecule is O=C(/C=C/c1ccccc1Br)C1CCN(C(=O)Cc2ccc(CF)cc2)CC1. The summed E-state index contributed by atoms with van der Waals surface area (Å²) in [6.45, 7) is 0.701. The first kappa shape index (κ1) is 20.5. The number of carbonyl (C=O) groups is 2. The van der Waals surface area contributed by atoms with Crippen LogP contribution in [0.3, 0.4) is 0 Å². The molecule has 0 bridgehead atoms. The Balaban J connectivity index is 1.50. The van der Waals surface area contributed by atoms with Gasteiger partial charge in [-0.05, 0) is 41.7 Å². The molecule has 28 heavy (non-hydrogen) atoms. The molecule has 0 atom stereocenters. The Morgan fingerprint density at radius 2 is 1.68 bits per heavy atom. The Labute approximate surface area is 173 Å². The third-order valence-corrected chi connectivity index (χ3v) is 5.84. The maximum Gasteiger partial charge on any atom is 0.226 e. The zero-order valence-corrected chi connectivity index (χ0v) is 17.2. The van der Waals surface area contributed by atoms with Gasteiger partial charge in [0, 0.05) is 23.5 Å². The number of benzene rings is 2. The van der Waals surface area contributed by atoms with E-state index in [2.05, 4.69) is 15.9 Å². The minimum atomic E-state index is -0.495. The van der Waals surface area contributed by atoms with Crippen molar-refractivity contribution in [3.8, 4) is 0 Å². The first-order chi connectivity index (χ1) is 13.6. The van der Waals surface area contributed by atoms with Crippen LogP contribution in [0.15, 0.2) is 59.1 Å². The lowest BCUT2D eigenvalue weighted by molar-refractivity contribution is -0.133. The van der Waals surface area contributed by atoms with E-state index < -0.39 is 6.67 Å². The van der Waals surface area contributed by atoms with Gasteiger partial charge in [0.25, 0.3) is 0 Å². The number of alkyl halides is 1. The first-order valence-electron chi connectivity index (χ1n) is 9.45. The van der Waals surface area contributed by atoms with Crippen molar-refractivity contribution in [2.75, 3.05) is 13.1 Å². The van der Waals surface area contributed by atoms with E-state index in [1.807, 2.05) is 35.2 Å². The number of halogens is 2. The van der Waals surface area contributed by atoms with E-state index in [0.717, 1.165) is 15.6 Å². The maximum absolute atomic E-state index is 12.6. The number of amides is 1. The smallest absolute Gasteiger partial charge is 0.226 e. The van der Waals surface area contributed by atoms with Crippen LogP contribution in [0, 0.1) is 5.92 Å². The van der Waals surface area contributed by atoms with Crippen LogP contribution in [-0.2, 0) is 22.7 Å². The minimum Gasteiger partial charge on any atom is -0.342 e. The number of piperidine rings is 1. The second kappa shape index (κ2) is 9.78. The molecule has 0 radical (unpaired) electrons. The fourth-order valence-electron chi connectivity index (χ4n) is 3.36. The van der Waals surface area contributed by atoms with Crippen molar-refractivity contribution in [3.05, 3.63) is 75.8 Å². The summed E-state index contributed by atoms with van der Waals surface area (Å²) in [6.07, 6.45) is 5.17. The topological polar surface area (TPSA) is 37.4 Å². The van der Waals surface area contributed by atoms with Crippen molar-refractivity contribution < 1.29 is 14.0 Å². The zero-order chi connectivity index (χ0) is 19.9. The number of hydrogen-bond donors (Lipinski definition) is 0. The molecule has 0 unspecified atom stereocenters. The van der Waals surface area contributed by atoms with Gasteiger partial charge in [0.05, 0.1) is 6.42 Å². The van der Waals surface area contributed by atoms with E-state index in [4.69, 9.17) is 0 Å². The highest BCUT2D eigenvalue weighted by Gasteiger charge is 2.26. The Morgan fingerprint density at radius 3 is 2.32 bits per heavy atom. The van der Waals surface area contributed by atoms with E-state index in [1.54, 1.807) is 30.3 Å². The van der Waals surface area contributed by atoms with Crippen LogP contribution in [0.5, 0.6) is 0 Å². The summed E-state index contributed by atoms with van der Waals surface area (Å²) in [7, 11) is 0. The molecule has 0 saturated carbocycles. The lowest BCUT2D eigenvalue weighted by Crippen LogP contribution is -2.40. The molecule has 5 heteroatoms. The third-order valence-electron chi connectivity index (χ3n) is 5.12. The van der Waals surface area contributed by atoms with Gasteiger partial charge in [-0.15, -0.1) is 0 Å². The maximum atomic E-state index is 12.6. The van der Waals surface area contributed by atoms with Crippen molar-refractivity contribution in [2.45, 2.75) is 25.9 Å². The largest absolute Gasteiger partial charge is 0.342 e. The molecule has 1 amide bonds. The Kier molecular flexibility index (Phi) is 7.15. The molecule has 0 aliphatic carbocycles. The molecule has 0 aromatic heterocycles. The van der Waals surface area contributed by atoms with Gasteiger partial charge in [-0.3, -0.25) is 9.59 Å². The highest BCUT2D eigenvalue weighted by molar-refractivity contribution is 9.10. The van der Waals surface area contributed by atoms with E-state index in [1.165, 1.54) is 0 Å². The summed E-state index contributed by atoms with van der Waals surface area (Å²) in [5.41, 5.74) is 2.48. The normalized spacial score (nSPS) is 15.1. The lowest BCUT2D eigenvalue weighted by Gasteiger charge is -2.31. The number of likely N-dealkylation sites (tertiary alicyclic amines) is 1. The second-order valence-corrected chi connectivity index (χ2v) is 7.89. The zero-order valence-electron chi connectivity index (χ0n) is 15.6. The van der Waals surface area contributed by atoms with Crippen molar-refractivity contribution in [1.29, 1.82) is 0 Å². The predicted octanol–water partition coefficient (Wildman–Crippen LogP) is 4.98. The van der Waals surface area contributed by atoms with Crippen molar-refractivity contribution in [3.63, 3.8) is 0 Å². The number of rotatable bonds is 6. The summed E-state index contributed by atoms with van der Waals surface area (Å²) in [5.74, 6) is 0.138. The predicted molar refractivity (Wildman–Crippen MR) is 112 cm³/mol. The molecule has 3 rings (SSSR count). The van der Waals surface area contributed by atoms with Crippen LogP contribution >= 0.6 is 15.9 Å². The van der Waals surface area contributed by atoms with E-state index in [-0.39, 0.29) is 17.6 Å². The molecule has 1 saturated heterocycles. The lowest BCUT2D eigenvalue weighted by atomic mass is 9.91. The van der Waals surface area contributed by atoms with E-state index >= 15 is 0 Å². The van der Waals surface area contributed by atoms with Crippen LogP contribution in [0.25, 0.3) is 6.08 Å². The molecule has 1 aliphatic rings. The van der Waals surface area contributed by atoms with Crippen LogP contribution in [0.4, 0.5) is 4.39 Å². The van der Waals surface area contributed by atoms with Gasteiger partial charge < -0.3 is 4.90 Å². The highest BCUT2D eigenvalue weighted by atomic mass is 79.9. The fourth-order valence-corrected chi connectivity index (χ4v) is 3.78. The number of allylic oxidation sites excluding steroid dienone is 1. The van der Waals surface area contributed by atoms with E-state index in [0.29, 0.717) is 37.9 Å².